The highest BCUT2D eigenvalue weighted by atomic mass is 16.4. The minimum atomic E-state index is -0.759. The molecular weight excluding hydrogens is 426 g/mol. The molecule has 5 nitrogen and oxygen atoms in total. The highest BCUT2D eigenvalue weighted by molar-refractivity contribution is 5.79. The molecule has 1 amide bonds. The van der Waals surface area contributed by atoms with Crippen LogP contribution in [-0.2, 0) is 16.0 Å². The monoisotopic (exact) mass is 459 g/mol. The third-order valence-corrected chi connectivity index (χ3v) is 5.97. The van der Waals surface area contributed by atoms with Crippen LogP contribution in [-0.4, -0.2) is 45.7 Å². The largest absolute Gasteiger partial charge is 0.481 e. The molecule has 1 heterocycles. The third kappa shape index (κ3) is 8.53. The molecule has 5 heteroatoms. The van der Waals surface area contributed by atoms with Gasteiger partial charge in [0.2, 0.25) is 5.91 Å². The van der Waals surface area contributed by atoms with Crippen molar-refractivity contribution in [2.75, 3.05) is 6.54 Å². The van der Waals surface area contributed by atoms with Crippen LogP contribution in [0.2, 0.25) is 0 Å². The first-order valence-electron chi connectivity index (χ1n) is 12.0. The molecule has 0 bridgehead atoms. The summed E-state index contributed by atoms with van der Waals surface area (Å²) >= 11 is 0. The molecule has 0 unspecified atom stereocenters. The third-order valence-electron chi connectivity index (χ3n) is 5.97. The molecule has 1 fully saturated rings. The molecule has 2 atom stereocenters. The Morgan fingerprint density at radius 2 is 1.76 bits per heavy atom. The number of nitrogens with zero attached hydrogens (tertiary/aromatic N) is 1. The molecule has 2 aromatic rings. The van der Waals surface area contributed by atoms with Gasteiger partial charge in [0.1, 0.15) is 0 Å². The van der Waals surface area contributed by atoms with E-state index in [1.165, 1.54) is 0 Å². The van der Waals surface area contributed by atoms with Crippen molar-refractivity contribution in [2.45, 2.75) is 63.5 Å². The number of hydrogen-bond donors (Lipinski definition) is 2. The lowest BCUT2D eigenvalue weighted by molar-refractivity contribution is -0.137. The Kier molecular flexibility index (Phi) is 9.94. The molecule has 0 radical (unpaired) electrons. The second-order valence-electron chi connectivity index (χ2n) is 8.72. The highest BCUT2D eigenvalue weighted by Crippen LogP contribution is 2.21. The predicted molar refractivity (Wildman–Crippen MR) is 133 cm³/mol. The number of carbonyl (C=O) groups excluding carboxylic acids is 1. The van der Waals surface area contributed by atoms with Crippen LogP contribution < -0.4 is 0 Å². The number of aliphatic hydroxyl groups excluding tert-OH is 1. The number of likely N-dealkylation sites (tertiary alicyclic amines) is 1. The van der Waals surface area contributed by atoms with Gasteiger partial charge in [0.15, 0.2) is 0 Å². The minimum absolute atomic E-state index is 0.0178. The maximum Gasteiger partial charge on any atom is 0.303 e. The van der Waals surface area contributed by atoms with Gasteiger partial charge in [-0.3, -0.25) is 9.59 Å². The first-order valence-corrected chi connectivity index (χ1v) is 12.0. The Bertz CT molecular complexity index is 1030. The van der Waals surface area contributed by atoms with Crippen molar-refractivity contribution in [3.63, 3.8) is 0 Å². The van der Waals surface area contributed by atoms with Gasteiger partial charge in [-0.05, 0) is 49.1 Å². The summed E-state index contributed by atoms with van der Waals surface area (Å²) in [5.41, 5.74) is 2.89. The van der Waals surface area contributed by atoms with Crippen LogP contribution in [0, 0.1) is 11.8 Å². The van der Waals surface area contributed by atoms with E-state index < -0.39 is 12.1 Å². The Hall–Kier alpha value is -3.36. The summed E-state index contributed by atoms with van der Waals surface area (Å²) in [6.45, 7) is 0.680. The highest BCUT2D eigenvalue weighted by Gasteiger charge is 2.28. The van der Waals surface area contributed by atoms with Crippen molar-refractivity contribution < 1.29 is 19.8 Å². The van der Waals surface area contributed by atoms with E-state index in [1.54, 1.807) is 6.08 Å². The van der Waals surface area contributed by atoms with E-state index in [-0.39, 0.29) is 18.4 Å². The summed E-state index contributed by atoms with van der Waals surface area (Å²) in [5.74, 6) is 5.73. The normalized spacial score (nSPS) is 16.4. The average Bonchev–Trinajstić information content (AvgIpc) is 3.18. The van der Waals surface area contributed by atoms with E-state index in [4.69, 9.17) is 5.11 Å². The zero-order valence-corrected chi connectivity index (χ0v) is 19.5. The molecular formula is C29H33NO4. The topological polar surface area (TPSA) is 77.8 Å². The smallest absolute Gasteiger partial charge is 0.303 e. The second kappa shape index (κ2) is 13.4. The summed E-state index contributed by atoms with van der Waals surface area (Å²) in [5, 5.41) is 19.3. The number of aliphatic carboxylic acids is 1. The van der Waals surface area contributed by atoms with Crippen molar-refractivity contribution in [3.05, 3.63) is 83.4 Å². The van der Waals surface area contributed by atoms with Crippen LogP contribution in [0.5, 0.6) is 0 Å². The number of hydrogen-bond acceptors (Lipinski definition) is 3. The molecule has 1 aliphatic heterocycles. The molecule has 3 rings (SSSR count). The molecule has 0 spiro atoms. The van der Waals surface area contributed by atoms with E-state index in [0.29, 0.717) is 25.8 Å². The maximum absolute atomic E-state index is 12.3. The standard InChI is InChI=1S/C29H33NO4/c31-27(22-25-12-8-11-24(21-25)15-14-23-9-4-3-5-10-23)18-16-26-17-19-28(32)30(26)20-7-2-1-6-13-29(33)34/h3-5,8-12,16,18,21,26-27,31H,1-2,6-7,13,17,19-20,22H2,(H,33,34)/b18-16+/t26-,27+/m0/s1. The second-order valence-corrected chi connectivity index (χ2v) is 8.72. The van der Waals surface area contributed by atoms with Crippen molar-refractivity contribution in [3.8, 4) is 11.8 Å². The van der Waals surface area contributed by atoms with Gasteiger partial charge in [-0.25, -0.2) is 0 Å². The zero-order valence-electron chi connectivity index (χ0n) is 19.5. The molecule has 1 saturated heterocycles. The van der Waals surface area contributed by atoms with Crippen LogP contribution in [0.4, 0.5) is 0 Å². The summed E-state index contributed by atoms with van der Waals surface area (Å²) in [6.07, 6.45) is 8.44. The molecule has 0 saturated carbocycles. The SMILES string of the molecule is O=C(O)CCCCCCN1C(=O)CC[C@@H]1/C=C/[C@@H](O)Cc1cccc(C#Cc2ccccc2)c1. The molecule has 178 valence electrons. The first-order chi connectivity index (χ1) is 16.5. The van der Waals surface area contributed by atoms with Crippen LogP contribution in [0.3, 0.4) is 0 Å². The lowest BCUT2D eigenvalue weighted by atomic mass is 10.0. The van der Waals surface area contributed by atoms with Gasteiger partial charge in [-0.2, -0.15) is 0 Å². The van der Waals surface area contributed by atoms with Crippen molar-refractivity contribution >= 4 is 11.9 Å². The molecule has 2 N–H and O–H groups in total. The number of rotatable bonds is 11. The van der Waals surface area contributed by atoms with E-state index in [9.17, 15) is 14.7 Å². The number of carboxylic acids is 1. The summed E-state index contributed by atoms with van der Waals surface area (Å²) < 4.78 is 0. The van der Waals surface area contributed by atoms with E-state index in [2.05, 4.69) is 11.8 Å². The Balaban J connectivity index is 1.49. The van der Waals surface area contributed by atoms with Gasteiger partial charge in [-0.15, -0.1) is 0 Å². The zero-order chi connectivity index (χ0) is 24.2. The number of benzene rings is 2. The Morgan fingerprint density at radius 3 is 2.56 bits per heavy atom. The number of unbranched alkanes of at least 4 members (excludes halogenated alkanes) is 3. The summed E-state index contributed by atoms with van der Waals surface area (Å²) in [4.78, 5) is 24.7. The van der Waals surface area contributed by atoms with Crippen molar-refractivity contribution in [1.29, 1.82) is 0 Å². The fraction of sp³-hybridized carbons (Fsp3) is 0.379. The van der Waals surface area contributed by atoms with Gasteiger partial charge >= 0.3 is 5.97 Å². The fourth-order valence-electron chi connectivity index (χ4n) is 4.17. The number of amides is 1. The quantitative estimate of drug-likeness (QED) is 0.293. The minimum Gasteiger partial charge on any atom is -0.481 e. The van der Waals surface area contributed by atoms with Gasteiger partial charge in [0.25, 0.3) is 0 Å². The van der Waals surface area contributed by atoms with Gasteiger partial charge < -0.3 is 15.1 Å². The molecule has 0 aliphatic carbocycles. The molecule has 0 aromatic heterocycles. The lowest BCUT2D eigenvalue weighted by Crippen LogP contribution is -2.32. The predicted octanol–water partition coefficient (Wildman–Crippen LogP) is 4.57. The maximum atomic E-state index is 12.3. The van der Waals surface area contributed by atoms with E-state index >= 15 is 0 Å². The fourth-order valence-corrected chi connectivity index (χ4v) is 4.17. The van der Waals surface area contributed by atoms with Crippen LogP contribution in [0.1, 0.15) is 61.6 Å². The number of carbonyl (C=O) groups is 2. The van der Waals surface area contributed by atoms with E-state index in [0.717, 1.165) is 42.4 Å². The lowest BCUT2D eigenvalue weighted by Gasteiger charge is -2.22. The van der Waals surface area contributed by atoms with E-state index in [1.807, 2.05) is 65.6 Å². The molecule has 2 aromatic carbocycles. The number of carboxylic acid groups (broad SMARTS) is 1. The van der Waals surface area contributed by atoms with Crippen molar-refractivity contribution in [2.24, 2.45) is 0 Å². The Morgan fingerprint density at radius 1 is 1.03 bits per heavy atom. The average molecular weight is 460 g/mol. The van der Waals surface area contributed by atoms with Crippen LogP contribution >= 0.6 is 0 Å². The summed E-state index contributed by atoms with van der Waals surface area (Å²) in [7, 11) is 0. The first kappa shape index (κ1) is 25.3. The summed E-state index contributed by atoms with van der Waals surface area (Å²) in [6, 6.07) is 17.8. The van der Waals surface area contributed by atoms with Gasteiger partial charge in [-0.1, -0.05) is 67.2 Å². The number of aliphatic hydroxyl groups is 1. The molecule has 1 aliphatic rings. The van der Waals surface area contributed by atoms with Crippen LogP contribution in [0.15, 0.2) is 66.7 Å². The molecule has 34 heavy (non-hydrogen) atoms. The van der Waals surface area contributed by atoms with Crippen molar-refractivity contribution in [1.82, 2.24) is 4.90 Å². The van der Waals surface area contributed by atoms with Gasteiger partial charge in [0, 0.05) is 36.9 Å². The Labute approximate surface area is 202 Å². The van der Waals surface area contributed by atoms with Gasteiger partial charge in [0.05, 0.1) is 12.1 Å². The van der Waals surface area contributed by atoms with Crippen LogP contribution in [0.25, 0.3) is 0 Å².